The molecule has 2 N–H and O–H groups in total. The topological polar surface area (TPSA) is 84.9 Å². The highest BCUT2D eigenvalue weighted by Crippen LogP contribution is 2.33. The van der Waals surface area contributed by atoms with Crippen molar-refractivity contribution in [1.29, 1.82) is 0 Å². The van der Waals surface area contributed by atoms with Crippen LogP contribution in [0, 0.1) is 6.92 Å². The van der Waals surface area contributed by atoms with E-state index in [0.29, 0.717) is 23.7 Å². The zero-order valence-corrected chi connectivity index (χ0v) is 14.9. The summed E-state index contributed by atoms with van der Waals surface area (Å²) in [6, 6.07) is 13.2. The van der Waals surface area contributed by atoms with Gasteiger partial charge in [0.25, 0.3) is 0 Å². The first kappa shape index (κ1) is 19.1. The van der Waals surface area contributed by atoms with Crippen LogP contribution in [0.2, 0.25) is 0 Å². The van der Waals surface area contributed by atoms with Gasteiger partial charge in [-0.25, -0.2) is 4.79 Å². The maximum Gasteiger partial charge on any atom is 0.352 e. The molecule has 0 atom stereocenters. The van der Waals surface area contributed by atoms with Crippen molar-refractivity contribution in [3.63, 3.8) is 0 Å². The third-order valence-electron chi connectivity index (χ3n) is 3.56. The van der Waals surface area contributed by atoms with Gasteiger partial charge in [-0.05, 0) is 41.8 Å². The Morgan fingerprint density at radius 3 is 2.46 bits per heavy atom. The fourth-order valence-electron chi connectivity index (χ4n) is 2.43. The Morgan fingerprint density at radius 1 is 1.19 bits per heavy atom. The molecule has 0 aliphatic rings. The highest BCUT2D eigenvalue weighted by molar-refractivity contribution is 5.96. The number of carbonyl (C=O) groups is 2. The molecule has 6 heteroatoms. The number of aliphatic carboxylic acids is 1. The second-order valence-corrected chi connectivity index (χ2v) is 5.69. The van der Waals surface area contributed by atoms with Gasteiger partial charge in [0.1, 0.15) is 12.3 Å². The molecule has 0 aliphatic heterocycles. The van der Waals surface area contributed by atoms with Gasteiger partial charge < -0.3 is 19.9 Å². The van der Waals surface area contributed by atoms with Crippen LogP contribution in [0.15, 0.2) is 48.2 Å². The fraction of sp³-hybridized carbons (Fsp3) is 0.200. The number of methoxy groups -OCH3 is 1. The van der Waals surface area contributed by atoms with Crippen LogP contribution in [-0.2, 0) is 16.2 Å². The zero-order valence-electron chi connectivity index (χ0n) is 14.9. The van der Waals surface area contributed by atoms with E-state index in [9.17, 15) is 14.7 Å². The van der Waals surface area contributed by atoms with Gasteiger partial charge in [0.15, 0.2) is 11.5 Å². The molecule has 0 aromatic heterocycles. The van der Waals surface area contributed by atoms with Gasteiger partial charge in [-0.2, -0.15) is 0 Å². The van der Waals surface area contributed by atoms with Crippen LogP contribution in [0.3, 0.4) is 0 Å². The van der Waals surface area contributed by atoms with E-state index in [-0.39, 0.29) is 5.70 Å². The Balaban J connectivity index is 2.30. The lowest BCUT2D eigenvalue weighted by Gasteiger charge is -2.15. The van der Waals surface area contributed by atoms with Crippen molar-refractivity contribution in [2.24, 2.45) is 0 Å². The number of carboxylic acids is 1. The number of rotatable bonds is 7. The van der Waals surface area contributed by atoms with Crippen LogP contribution in [0.4, 0.5) is 0 Å². The molecule has 0 saturated heterocycles. The lowest BCUT2D eigenvalue weighted by Crippen LogP contribution is -2.24. The van der Waals surface area contributed by atoms with E-state index in [1.54, 1.807) is 12.1 Å². The molecular formula is C20H21NO5. The molecule has 1 amide bonds. The van der Waals surface area contributed by atoms with Crippen LogP contribution in [0.25, 0.3) is 6.08 Å². The van der Waals surface area contributed by atoms with Crippen LogP contribution in [0.1, 0.15) is 23.6 Å². The average molecular weight is 355 g/mol. The number of hydrogen-bond donors (Lipinski definition) is 2. The van der Waals surface area contributed by atoms with E-state index < -0.39 is 11.9 Å². The number of nitrogens with one attached hydrogen (secondary N) is 1. The minimum Gasteiger partial charge on any atom is -0.493 e. The quantitative estimate of drug-likeness (QED) is 0.745. The fourth-order valence-corrected chi connectivity index (χ4v) is 2.43. The van der Waals surface area contributed by atoms with Crippen LogP contribution < -0.4 is 14.8 Å². The Kier molecular flexibility index (Phi) is 6.38. The number of carbonyl (C=O) groups excluding carboxylic acids is 1. The molecule has 2 aromatic rings. The summed E-state index contributed by atoms with van der Waals surface area (Å²) in [5, 5.41) is 11.5. The van der Waals surface area contributed by atoms with Crippen molar-refractivity contribution < 1.29 is 24.2 Å². The maximum atomic E-state index is 11.3. The molecule has 0 heterocycles. The SMILES string of the molecule is COc1cc(C=C(NC(C)=O)C(=O)O)cc(C)c1OCc1ccccc1. The molecule has 0 radical (unpaired) electrons. The number of benzene rings is 2. The van der Waals surface area contributed by atoms with Gasteiger partial charge >= 0.3 is 5.97 Å². The van der Waals surface area contributed by atoms with E-state index in [1.807, 2.05) is 37.3 Å². The molecular weight excluding hydrogens is 334 g/mol. The van der Waals surface area contributed by atoms with E-state index in [0.717, 1.165) is 11.1 Å². The predicted octanol–water partition coefficient (Wildman–Crippen LogP) is 3.14. The Bertz CT molecular complexity index is 828. The summed E-state index contributed by atoms with van der Waals surface area (Å²) in [5.41, 5.74) is 2.19. The first-order chi connectivity index (χ1) is 12.4. The van der Waals surface area contributed by atoms with E-state index in [2.05, 4.69) is 5.32 Å². The minimum atomic E-state index is -1.22. The van der Waals surface area contributed by atoms with Crippen molar-refractivity contribution in [3.8, 4) is 11.5 Å². The highest BCUT2D eigenvalue weighted by atomic mass is 16.5. The summed E-state index contributed by atoms with van der Waals surface area (Å²) in [6.07, 6.45) is 1.38. The summed E-state index contributed by atoms with van der Waals surface area (Å²) in [5.74, 6) is -0.601. The zero-order chi connectivity index (χ0) is 19.1. The third kappa shape index (κ3) is 5.11. The summed E-state index contributed by atoms with van der Waals surface area (Å²) in [6.45, 7) is 3.49. The van der Waals surface area contributed by atoms with Crippen molar-refractivity contribution in [2.75, 3.05) is 7.11 Å². The van der Waals surface area contributed by atoms with Gasteiger partial charge in [-0.1, -0.05) is 30.3 Å². The number of amides is 1. The lowest BCUT2D eigenvalue weighted by atomic mass is 10.1. The molecule has 6 nitrogen and oxygen atoms in total. The monoisotopic (exact) mass is 355 g/mol. The van der Waals surface area contributed by atoms with Crippen molar-refractivity contribution in [3.05, 3.63) is 64.9 Å². The molecule has 0 fully saturated rings. The summed E-state index contributed by atoms with van der Waals surface area (Å²) in [4.78, 5) is 22.4. The van der Waals surface area contributed by atoms with Gasteiger partial charge in [0.05, 0.1) is 7.11 Å². The minimum absolute atomic E-state index is 0.211. The standard InChI is InChI=1S/C20H21NO5/c1-13-9-16(10-17(20(23)24)21-14(2)22)11-18(25-3)19(13)26-12-15-7-5-4-6-8-15/h4-11H,12H2,1-3H3,(H,21,22)(H,23,24). The van der Waals surface area contributed by atoms with Gasteiger partial charge in [0, 0.05) is 6.92 Å². The van der Waals surface area contributed by atoms with Crippen LogP contribution in [-0.4, -0.2) is 24.1 Å². The number of ether oxygens (including phenoxy) is 2. The van der Waals surface area contributed by atoms with Gasteiger partial charge in [-0.15, -0.1) is 0 Å². The molecule has 136 valence electrons. The van der Waals surface area contributed by atoms with Gasteiger partial charge in [-0.3, -0.25) is 4.79 Å². The first-order valence-corrected chi connectivity index (χ1v) is 7.98. The first-order valence-electron chi connectivity index (χ1n) is 7.98. The molecule has 2 rings (SSSR count). The van der Waals surface area contributed by atoms with Crippen molar-refractivity contribution in [1.82, 2.24) is 5.32 Å². The maximum absolute atomic E-state index is 11.3. The number of carboxylic acid groups (broad SMARTS) is 1. The predicted molar refractivity (Wildman–Crippen MR) is 97.9 cm³/mol. The molecule has 0 aliphatic carbocycles. The second-order valence-electron chi connectivity index (χ2n) is 5.69. The second kappa shape index (κ2) is 8.71. The molecule has 0 saturated carbocycles. The summed E-state index contributed by atoms with van der Waals surface area (Å²) < 4.78 is 11.3. The lowest BCUT2D eigenvalue weighted by molar-refractivity contribution is -0.134. The van der Waals surface area contributed by atoms with E-state index >= 15 is 0 Å². The van der Waals surface area contributed by atoms with E-state index in [4.69, 9.17) is 9.47 Å². The smallest absolute Gasteiger partial charge is 0.352 e. The van der Waals surface area contributed by atoms with Crippen LogP contribution >= 0.6 is 0 Å². The molecule has 0 unspecified atom stereocenters. The van der Waals surface area contributed by atoms with Crippen molar-refractivity contribution in [2.45, 2.75) is 20.5 Å². The van der Waals surface area contributed by atoms with Gasteiger partial charge in [0.2, 0.25) is 5.91 Å². The highest BCUT2D eigenvalue weighted by Gasteiger charge is 2.13. The Hall–Kier alpha value is -3.28. The molecule has 0 bridgehead atoms. The Labute approximate surface area is 152 Å². The summed E-state index contributed by atoms with van der Waals surface area (Å²) in [7, 11) is 1.52. The number of aryl methyl sites for hydroxylation is 1. The van der Waals surface area contributed by atoms with Crippen LogP contribution in [0.5, 0.6) is 11.5 Å². The molecule has 2 aromatic carbocycles. The molecule has 26 heavy (non-hydrogen) atoms. The number of hydrogen-bond acceptors (Lipinski definition) is 4. The summed E-state index contributed by atoms with van der Waals surface area (Å²) >= 11 is 0. The average Bonchev–Trinajstić information content (AvgIpc) is 2.60. The van der Waals surface area contributed by atoms with E-state index in [1.165, 1.54) is 20.1 Å². The largest absolute Gasteiger partial charge is 0.493 e. The molecule has 0 spiro atoms. The third-order valence-corrected chi connectivity index (χ3v) is 3.56. The normalized spacial score (nSPS) is 11.0. The Morgan fingerprint density at radius 2 is 1.88 bits per heavy atom. The van der Waals surface area contributed by atoms with Crippen molar-refractivity contribution >= 4 is 18.0 Å².